The minimum atomic E-state index is -0.968. The molecule has 0 aliphatic carbocycles. The third kappa shape index (κ3) is 4.21. The summed E-state index contributed by atoms with van der Waals surface area (Å²) < 4.78 is 1.71. The van der Waals surface area contributed by atoms with Crippen LogP contribution in [0, 0.1) is 5.92 Å². The van der Waals surface area contributed by atoms with Gasteiger partial charge in [-0.25, -0.2) is 0 Å². The first-order valence-electron chi connectivity index (χ1n) is 10.7. The Balaban J connectivity index is 1.33. The minimum Gasteiger partial charge on any atom is -0.388 e. The Hall–Kier alpha value is -2.80. The highest BCUT2D eigenvalue weighted by molar-refractivity contribution is 5.93. The molecule has 4 rings (SSSR count). The molecule has 0 saturated carbocycles. The average Bonchev–Trinajstić information content (AvgIpc) is 3.24. The smallest absolute Gasteiger partial charge is 0.273 e. The second-order valence-electron chi connectivity index (χ2n) is 8.43. The molecule has 30 heavy (non-hydrogen) atoms. The van der Waals surface area contributed by atoms with Crippen molar-refractivity contribution >= 4 is 11.8 Å². The topological polar surface area (TPSA) is 77.8 Å². The summed E-state index contributed by atoms with van der Waals surface area (Å²) in [5, 5.41) is 11.1. The van der Waals surface area contributed by atoms with Crippen LogP contribution >= 0.6 is 0 Å². The molecule has 1 atom stereocenters. The van der Waals surface area contributed by atoms with Gasteiger partial charge in [0.05, 0.1) is 12.1 Å². The Morgan fingerprint density at radius 2 is 1.90 bits per heavy atom. The number of carbonyl (C=O) groups excluding carboxylic acids is 2. The Morgan fingerprint density at radius 3 is 2.60 bits per heavy atom. The average molecular weight is 411 g/mol. The summed E-state index contributed by atoms with van der Waals surface area (Å²) >= 11 is 0. The quantitative estimate of drug-likeness (QED) is 0.764. The normalized spacial score (nSPS) is 19.2. The fourth-order valence-electron chi connectivity index (χ4n) is 4.44. The summed E-state index contributed by atoms with van der Waals surface area (Å²) in [4.78, 5) is 29.3. The molecule has 1 fully saturated rings. The maximum absolute atomic E-state index is 13.1. The number of rotatable bonds is 6. The van der Waals surface area contributed by atoms with Crippen molar-refractivity contribution in [2.45, 2.75) is 38.2 Å². The third-order valence-corrected chi connectivity index (χ3v) is 6.34. The summed E-state index contributed by atoms with van der Waals surface area (Å²) in [6.07, 6.45) is 4.30. The van der Waals surface area contributed by atoms with Gasteiger partial charge in [0.25, 0.3) is 5.91 Å². The number of benzene rings is 1. The summed E-state index contributed by atoms with van der Waals surface area (Å²) in [7, 11) is 0. The van der Waals surface area contributed by atoms with Gasteiger partial charge >= 0.3 is 0 Å². The fourth-order valence-corrected chi connectivity index (χ4v) is 4.44. The summed E-state index contributed by atoms with van der Waals surface area (Å²) in [6, 6.07) is 13.7. The van der Waals surface area contributed by atoms with E-state index in [4.69, 9.17) is 0 Å². The summed E-state index contributed by atoms with van der Waals surface area (Å²) in [6.45, 7) is 3.73. The molecule has 1 unspecified atom stereocenters. The molecular weight excluding hydrogens is 380 g/mol. The lowest BCUT2D eigenvalue weighted by molar-refractivity contribution is -0.140. The van der Waals surface area contributed by atoms with Crippen molar-refractivity contribution in [2.24, 2.45) is 5.92 Å². The van der Waals surface area contributed by atoms with Crippen molar-refractivity contribution in [3.63, 3.8) is 0 Å². The van der Waals surface area contributed by atoms with E-state index in [2.05, 4.69) is 24.5 Å². The van der Waals surface area contributed by atoms with Gasteiger partial charge in [0.15, 0.2) is 0 Å². The van der Waals surface area contributed by atoms with Crippen molar-refractivity contribution in [3.05, 3.63) is 59.9 Å². The largest absolute Gasteiger partial charge is 0.388 e. The Labute approximate surface area is 177 Å². The number of amides is 2. The number of hydrogen-bond acceptors (Lipinski definition) is 4. The van der Waals surface area contributed by atoms with Crippen LogP contribution < -0.4 is 5.43 Å². The maximum atomic E-state index is 13.1. The predicted molar refractivity (Wildman–Crippen MR) is 114 cm³/mol. The number of piperidine rings is 1. The molecule has 2 amide bonds. The van der Waals surface area contributed by atoms with Crippen molar-refractivity contribution in [2.75, 3.05) is 31.7 Å². The first kappa shape index (κ1) is 20.5. The molecule has 0 bridgehead atoms. The van der Waals surface area contributed by atoms with Crippen molar-refractivity contribution < 1.29 is 14.7 Å². The van der Waals surface area contributed by atoms with E-state index in [9.17, 15) is 14.7 Å². The highest BCUT2D eigenvalue weighted by Crippen LogP contribution is 2.27. The van der Waals surface area contributed by atoms with Crippen molar-refractivity contribution in [1.82, 2.24) is 14.5 Å². The predicted octanol–water partition coefficient (Wildman–Crippen LogP) is 2.07. The lowest BCUT2D eigenvalue weighted by Gasteiger charge is -2.42. The molecule has 3 heterocycles. The second kappa shape index (κ2) is 8.52. The van der Waals surface area contributed by atoms with Gasteiger partial charge in [0, 0.05) is 25.2 Å². The fraction of sp³-hybridized carbons (Fsp3) is 0.478. The van der Waals surface area contributed by atoms with Crippen LogP contribution in [0.25, 0.3) is 0 Å². The van der Waals surface area contributed by atoms with Crippen molar-refractivity contribution in [3.8, 4) is 0 Å². The van der Waals surface area contributed by atoms with E-state index in [-0.39, 0.29) is 24.3 Å². The lowest BCUT2D eigenvalue weighted by Crippen LogP contribution is -2.56. The molecule has 1 saturated heterocycles. The van der Waals surface area contributed by atoms with Gasteiger partial charge in [-0.15, -0.1) is 0 Å². The molecule has 7 nitrogen and oxygen atoms in total. The number of likely N-dealkylation sites (tertiary alicyclic amines) is 1. The standard InChI is InChI=1S/C23H30N4O3/c1-2-19(15-18-7-4-3-5-8-18)21(28)25-13-10-23(30,11-14-25)16-26-17-24-27-12-6-9-20(27)22(26)29/h3-9,12,19,24,30H,2,10-11,13-17H2,1H3. The van der Waals surface area contributed by atoms with E-state index >= 15 is 0 Å². The first-order valence-corrected chi connectivity index (χ1v) is 10.7. The van der Waals surface area contributed by atoms with E-state index in [0.29, 0.717) is 38.3 Å². The second-order valence-corrected chi connectivity index (χ2v) is 8.43. The third-order valence-electron chi connectivity index (χ3n) is 6.34. The number of hydrogen-bond donors (Lipinski definition) is 2. The number of aliphatic hydroxyl groups is 1. The van der Waals surface area contributed by atoms with E-state index in [1.54, 1.807) is 15.6 Å². The zero-order valence-corrected chi connectivity index (χ0v) is 17.5. The van der Waals surface area contributed by atoms with Gasteiger partial charge in [-0.05, 0) is 43.4 Å². The maximum Gasteiger partial charge on any atom is 0.273 e. The SMILES string of the molecule is CCC(Cc1ccccc1)C(=O)N1CCC(O)(CN2CNn3cccc3C2=O)CC1. The van der Waals surface area contributed by atoms with Gasteiger partial charge in [0.1, 0.15) is 12.4 Å². The molecule has 1 aromatic carbocycles. The summed E-state index contributed by atoms with van der Waals surface area (Å²) in [5.74, 6) is 0.0378. The molecule has 2 N–H and O–H groups in total. The lowest BCUT2D eigenvalue weighted by atomic mass is 9.88. The van der Waals surface area contributed by atoms with Crippen LogP contribution in [0.2, 0.25) is 0 Å². The number of carbonyl (C=O) groups is 2. The number of fused-ring (bicyclic) bond motifs is 1. The number of nitrogens with zero attached hydrogens (tertiary/aromatic N) is 3. The molecule has 0 radical (unpaired) electrons. The van der Waals surface area contributed by atoms with Crippen LogP contribution in [0.3, 0.4) is 0 Å². The molecule has 0 spiro atoms. The van der Waals surface area contributed by atoms with Gasteiger partial charge < -0.3 is 20.3 Å². The van der Waals surface area contributed by atoms with Gasteiger partial charge in [-0.3, -0.25) is 14.3 Å². The number of aromatic nitrogens is 1. The molecular formula is C23H30N4O3. The van der Waals surface area contributed by atoms with Crippen LogP contribution in [0.5, 0.6) is 0 Å². The highest BCUT2D eigenvalue weighted by Gasteiger charge is 2.39. The zero-order valence-electron chi connectivity index (χ0n) is 17.5. The minimum absolute atomic E-state index is 0.0424. The summed E-state index contributed by atoms with van der Waals surface area (Å²) in [5.41, 5.74) is 3.93. The Kier molecular flexibility index (Phi) is 5.81. The highest BCUT2D eigenvalue weighted by atomic mass is 16.3. The van der Waals surface area contributed by atoms with Crippen LogP contribution in [0.1, 0.15) is 42.2 Å². The van der Waals surface area contributed by atoms with Gasteiger partial charge in [-0.1, -0.05) is 37.3 Å². The molecule has 2 aliphatic heterocycles. The molecule has 1 aromatic heterocycles. The van der Waals surface area contributed by atoms with Crippen LogP contribution in [-0.4, -0.2) is 63.3 Å². The molecule has 2 aliphatic rings. The number of β-amino-alcohol motifs (C(OH)–C–C–N with tert-alkyl or cyclic N) is 1. The van der Waals surface area contributed by atoms with Crippen LogP contribution in [-0.2, 0) is 11.2 Å². The van der Waals surface area contributed by atoms with E-state index in [1.165, 1.54) is 5.56 Å². The zero-order chi connectivity index (χ0) is 21.1. The molecule has 2 aromatic rings. The molecule has 160 valence electrons. The monoisotopic (exact) mass is 410 g/mol. The first-order chi connectivity index (χ1) is 14.5. The Bertz CT molecular complexity index is 887. The van der Waals surface area contributed by atoms with Crippen LogP contribution in [0.4, 0.5) is 0 Å². The van der Waals surface area contributed by atoms with Gasteiger partial charge in [-0.2, -0.15) is 0 Å². The van der Waals surface area contributed by atoms with Gasteiger partial charge in [0.2, 0.25) is 5.91 Å². The molecule has 7 heteroatoms. The van der Waals surface area contributed by atoms with E-state index < -0.39 is 5.60 Å². The number of nitrogens with one attached hydrogen (secondary N) is 1. The van der Waals surface area contributed by atoms with Crippen molar-refractivity contribution in [1.29, 1.82) is 0 Å². The van der Waals surface area contributed by atoms with E-state index in [0.717, 1.165) is 12.8 Å². The Morgan fingerprint density at radius 1 is 1.17 bits per heavy atom. The van der Waals surface area contributed by atoms with Crippen LogP contribution in [0.15, 0.2) is 48.7 Å². The van der Waals surface area contributed by atoms with E-state index in [1.807, 2.05) is 35.4 Å².